The molecule has 4 rings (SSSR count). The zero-order chi connectivity index (χ0) is 19.3. The van der Waals surface area contributed by atoms with E-state index in [-0.39, 0.29) is 11.7 Å². The van der Waals surface area contributed by atoms with Gasteiger partial charge >= 0.3 is 0 Å². The van der Waals surface area contributed by atoms with Crippen molar-refractivity contribution in [3.8, 4) is 17.1 Å². The molecule has 5 heteroatoms. The Morgan fingerprint density at radius 3 is 2.50 bits per heavy atom. The number of anilines is 1. The second-order valence-corrected chi connectivity index (χ2v) is 6.53. The number of nitrogens with zero attached hydrogens (tertiary/aromatic N) is 2. The molecule has 0 fully saturated rings. The van der Waals surface area contributed by atoms with E-state index in [1.165, 1.54) is 10.8 Å². The van der Waals surface area contributed by atoms with Gasteiger partial charge in [0.1, 0.15) is 5.75 Å². The van der Waals surface area contributed by atoms with E-state index in [1.54, 1.807) is 30.6 Å². The summed E-state index contributed by atoms with van der Waals surface area (Å²) in [5, 5.41) is 14.7. The van der Waals surface area contributed by atoms with Crippen LogP contribution in [0.15, 0.2) is 79.1 Å². The largest absolute Gasteiger partial charge is 0.508 e. The number of rotatable bonds is 5. The van der Waals surface area contributed by atoms with E-state index in [2.05, 4.69) is 39.6 Å². The molecule has 28 heavy (non-hydrogen) atoms. The van der Waals surface area contributed by atoms with E-state index >= 15 is 0 Å². The van der Waals surface area contributed by atoms with Gasteiger partial charge in [0, 0.05) is 12.0 Å². The molecule has 0 radical (unpaired) electrons. The fourth-order valence-electron chi connectivity index (χ4n) is 3.17. The first-order valence-corrected chi connectivity index (χ1v) is 9.07. The summed E-state index contributed by atoms with van der Waals surface area (Å²) >= 11 is 0. The first-order valence-electron chi connectivity index (χ1n) is 9.07. The van der Waals surface area contributed by atoms with Crippen LogP contribution in [0.1, 0.15) is 12.0 Å². The van der Waals surface area contributed by atoms with Crippen molar-refractivity contribution >= 4 is 22.4 Å². The monoisotopic (exact) mass is 369 g/mol. The van der Waals surface area contributed by atoms with Crippen LogP contribution in [0, 0.1) is 0 Å². The summed E-state index contributed by atoms with van der Waals surface area (Å²) in [6.45, 7) is 0. The molecule has 0 spiro atoms. The lowest BCUT2D eigenvalue weighted by molar-refractivity contribution is -0.116. The molecule has 5 nitrogen and oxygen atoms in total. The Bertz CT molecular complexity index is 1120. The molecule has 1 heterocycles. The van der Waals surface area contributed by atoms with Crippen LogP contribution in [0.3, 0.4) is 0 Å². The number of fused-ring (bicyclic) bond motifs is 1. The van der Waals surface area contributed by atoms with Gasteiger partial charge in [-0.15, -0.1) is 0 Å². The maximum Gasteiger partial charge on any atom is 0.224 e. The van der Waals surface area contributed by atoms with Gasteiger partial charge in [-0.2, -0.15) is 0 Å². The second-order valence-electron chi connectivity index (χ2n) is 6.53. The lowest BCUT2D eigenvalue weighted by Gasteiger charge is -2.08. The lowest BCUT2D eigenvalue weighted by Crippen LogP contribution is -2.13. The summed E-state index contributed by atoms with van der Waals surface area (Å²) in [7, 11) is 0. The predicted molar refractivity (Wildman–Crippen MR) is 110 cm³/mol. The number of aromatic nitrogens is 2. The summed E-state index contributed by atoms with van der Waals surface area (Å²) in [5.74, 6) is 0.568. The topological polar surface area (TPSA) is 75.1 Å². The van der Waals surface area contributed by atoms with Gasteiger partial charge in [0.15, 0.2) is 5.82 Å². The van der Waals surface area contributed by atoms with Gasteiger partial charge in [0.25, 0.3) is 0 Å². The minimum absolute atomic E-state index is 0.0818. The molecule has 4 aromatic rings. The van der Waals surface area contributed by atoms with Crippen LogP contribution < -0.4 is 5.32 Å². The number of carbonyl (C=O) groups is 1. The molecule has 1 aromatic heterocycles. The Labute approximate surface area is 162 Å². The molecule has 0 saturated heterocycles. The van der Waals surface area contributed by atoms with Gasteiger partial charge in [-0.3, -0.25) is 4.79 Å². The predicted octanol–water partition coefficient (Wildman–Crippen LogP) is 4.57. The van der Waals surface area contributed by atoms with Gasteiger partial charge in [0.05, 0.1) is 18.1 Å². The van der Waals surface area contributed by atoms with E-state index in [9.17, 15) is 9.90 Å². The van der Waals surface area contributed by atoms with Crippen molar-refractivity contribution in [1.29, 1.82) is 0 Å². The van der Waals surface area contributed by atoms with Crippen molar-refractivity contribution in [1.82, 2.24) is 9.97 Å². The zero-order valence-electron chi connectivity index (χ0n) is 15.2. The van der Waals surface area contributed by atoms with Gasteiger partial charge in [0.2, 0.25) is 5.91 Å². The molecule has 0 bridgehead atoms. The fourth-order valence-corrected chi connectivity index (χ4v) is 3.17. The van der Waals surface area contributed by atoms with E-state index in [0.717, 1.165) is 5.56 Å². The quantitative estimate of drug-likeness (QED) is 0.540. The maximum atomic E-state index is 12.3. The SMILES string of the molecule is O=C(CCc1cccc2ccccc12)Nc1cnc(-c2cccc(O)c2)nc1. The second kappa shape index (κ2) is 7.88. The molecular formula is C23H19N3O2. The van der Waals surface area contributed by atoms with Crippen molar-refractivity contribution < 1.29 is 9.90 Å². The molecule has 0 saturated carbocycles. The Hall–Kier alpha value is -3.73. The molecule has 2 N–H and O–H groups in total. The van der Waals surface area contributed by atoms with E-state index in [4.69, 9.17) is 0 Å². The summed E-state index contributed by atoms with van der Waals surface area (Å²) in [6, 6.07) is 21.1. The number of aryl methyl sites for hydroxylation is 1. The van der Waals surface area contributed by atoms with Gasteiger partial charge in [-0.05, 0) is 34.9 Å². The van der Waals surface area contributed by atoms with Crippen LogP contribution in [-0.4, -0.2) is 21.0 Å². The zero-order valence-corrected chi connectivity index (χ0v) is 15.2. The van der Waals surface area contributed by atoms with Crippen molar-refractivity contribution in [3.63, 3.8) is 0 Å². The van der Waals surface area contributed by atoms with Gasteiger partial charge < -0.3 is 10.4 Å². The number of phenolic OH excluding ortho intramolecular Hbond substituents is 1. The third kappa shape index (κ3) is 3.99. The highest BCUT2D eigenvalue weighted by atomic mass is 16.3. The molecule has 0 aliphatic heterocycles. The number of hydrogen-bond acceptors (Lipinski definition) is 4. The van der Waals surface area contributed by atoms with Crippen molar-refractivity contribution in [2.24, 2.45) is 0 Å². The van der Waals surface area contributed by atoms with Crippen LogP contribution >= 0.6 is 0 Å². The van der Waals surface area contributed by atoms with E-state index in [0.29, 0.717) is 29.9 Å². The smallest absolute Gasteiger partial charge is 0.224 e. The number of phenols is 1. The number of hydrogen-bond donors (Lipinski definition) is 2. The van der Waals surface area contributed by atoms with Crippen molar-refractivity contribution in [2.75, 3.05) is 5.32 Å². The summed E-state index contributed by atoms with van der Waals surface area (Å²) in [4.78, 5) is 20.9. The molecule has 1 amide bonds. The number of nitrogens with one attached hydrogen (secondary N) is 1. The lowest BCUT2D eigenvalue weighted by atomic mass is 10.0. The summed E-state index contributed by atoms with van der Waals surface area (Å²) in [6.07, 6.45) is 4.18. The average Bonchev–Trinajstić information content (AvgIpc) is 2.73. The number of carbonyl (C=O) groups excluding carboxylic acids is 1. The number of amides is 1. The Balaban J connectivity index is 1.40. The molecule has 0 aliphatic rings. The summed E-state index contributed by atoms with van der Waals surface area (Å²) < 4.78 is 0. The molecular weight excluding hydrogens is 350 g/mol. The van der Waals surface area contributed by atoms with Crippen molar-refractivity contribution in [3.05, 3.63) is 84.7 Å². The van der Waals surface area contributed by atoms with Crippen LogP contribution in [-0.2, 0) is 11.2 Å². The first-order chi connectivity index (χ1) is 13.7. The van der Waals surface area contributed by atoms with Gasteiger partial charge in [-0.25, -0.2) is 9.97 Å². The van der Waals surface area contributed by atoms with Crippen LogP contribution in [0.5, 0.6) is 5.75 Å². The fraction of sp³-hybridized carbons (Fsp3) is 0.0870. The highest BCUT2D eigenvalue weighted by molar-refractivity contribution is 5.91. The normalized spacial score (nSPS) is 10.7. The highest BCUT2D eigenvalue weighted by Gasteiger charge is 2.07. The van der Waals surface area contributed by atoms with Crippen LogP contribution in [0.25, 0.3) is 22.2 Å². The van der Waals surface area contributed by atoms with Crippen molar-refractivity contribution in [2.45, 2.75) is 12.8 Å². The van der Waals surface area contributed by atoms with Crippen LogP contribution in [0.4, 0.5) is 5.69 Å². The summed E-state index contributed by atoms with van der Waals surface area (Å²) in [5.41, 5.74) is 2.42. The number of aromatic hydroxyl groups is 1. The molecule has 0 atom stereocenters. The molecule has 3 aromatic carbocycles. The minimum Gasteiger partial charge on any atom is -0.508 e. The minimum atomic E-state index is -0.0818. The van der Waals surface area contributed by atoms with Gasteiger partial charge in [-0.1, -0.05) is 54.6 Å². The Morgan fingerprint density at radius 2 is 1.68 bits per heavy atom. The Kier molecular flexibility index (Phi) is 4.97. The third-order valence-corrected chi connectivity index (χ3v) is 4.54. The van der Waals surface area contributed by atoms with E-state index < -0.39 is 0 Å². The maximum absolute atomic E-state index is 12.3. The highest BCUT2D eigenvalue weighted by Crippen LogP contribution is 2.21. The Morgan fingerprint density at radius 1 is 0.929 bits per heavy atom. The third-order valence-electron chi connectivity index (χ3n) is 4.54. The number of benzene rings is 3. The molecule has 0 unspecified atom stereocenters. The standard InChI is InChI=1S/C23H19N3O2/c27-20-9-4-8-18(13-20)23-24-14-19(15-25-23)26-22(28)12-11-17-7-3-6-16-5-1-2-10-21(16)17/h1-10,13-15,27H,11-12H2,(H,26,28). The average molecular weight is 369 g/mol. The molecule has 0 aliphatic carbocycles. The van der Waals surface area contributed by atoms with E-state index in [1.807, 2.05) is 24.3 Å². The first kappa shape index (κ1) is 17.7. The van der Waals surface area contributed by atoms with Crippen LogP contribution in [0.2, 0.25) is 0 Å². The molecule has 138 valence electrons.